The zero-order chi connectivity index (χ0) is 12.2. The zero-order valence-corrected chi connectivity index (χ0v) is 12.2. The Kier molecular flexibility index (Phi) is 7.58. The van der Waals surface area contributed by atoms with Crippen molar-refractivity contribution >= 4 is 22.6 Å². The molecule has 0 aromatic heterocycles. The third-order valence-corrected chi connectivity index (χ3v) is 4.81. The first-order valence-corrected chi connectivity index (χ1v) is 7.39. The van der Waals surface area contributed by atoms with Crippen molar-refractivity contribution in [1.82, 2.24) is 9.03 Å². The van der Waals surface area contributed by atoms with E-state index < -0.39 is 10.2 Å². The van der Waals surface area contributed by atoms with Gasteiger partial charge < -0.3 is 5.73 Å². The summed E-state index contributed by atoms with van der Waals surface area (Å²) < 4.78 is 28.0. The van der Waals surface area contributed by atoms with Crippen molar-refractivity contribution in [3.63, 3.8) is 0 Å². The standard InChI is InChI=1S/C10H23N3O2S.ClH/c1-3-7-13(2)16(14,15)12-10-6-4-5-9(10)8-11;/h9-10,12H,3-8,11H2,1-2H3;1H. The maximum atomic E-state index is 11.9. The summed E-state index contributed by atoms with van der Waals surface area (Å²) in [4.78, 5) is 0. The van der Waals surface area contributed by atoms with E-state index in [1.54, 1.807) is 7.05 Å². The van der Waals surface area contributed by atoms with Crippen LogP contribution in [-0.2, 0) is 10.2 Å². The summed E-state index contributed by atoms with van der Waals surface area (Å²) >= 11 is 0. The fourth-order valence-corrected chi connectivity index (χ4v) is 3.49. The number of nitrogens with two attached hydrogens (primary N) is 1. The van der Waals surface area contributed by atoms with E-state index >= 15 is 0 Å². The molecule has 2 atom stereocenters. The van der Waals surface area contributed by atoms with Crippen LogP contribution in [0.3, 0.4) is 0 Å². The fraction of sp³-hybridized carbons (Fsp3) is 1.00. The molecule has 104 valence electrons. The minimum Gasteiger partial charge on any atom is -0.330 e. The van der Waals surface area contributed by atoms with E-state index in [0.717, 1.165) is 25.7 Å². The molecule has 2 unspecified atom stereocenters. The molecule has 1 fully saturated rings. The summed E-state index contributed by atoms with van der Waals surface area (Å²) in [6, 6.07) is 0.0225. The second-order valence-corrected chi connectivity index (χ2v) is 6.29. The van der Waals surface area contributed by atoms with E-state index in [0.29, 0.717) is 19.0 Å². The number of rotatable bonds is 6. The average Bonchev–Trinajstić information content (AvgIpc) is 2.64. The quantitative estimate of drug-likeness (QED) is 0.755. The molecule has 0 bridgehead atoms. The lowest BCUT2D eigenvalue weighted by Gasteiger charge is -2.23. The van der Waals surface area contributed by atoms with Crippen molar-refractivity contribution in [1.29, 1.82) is 0 Å². The van der Waals surface area contributed by atoms with Crippen LogP contribution in [0.4, 0.5) is 0 Å². The molecule has 0 aromatic rings. The normalized spacial score (nSPS) is 24.9. The highest BCUT2D eigenvalue weighted by Crippen LogP contribution is 2.25. The SMILES string of the molecule is CCCN(C)S(=O)(=O)NC1CCCC1CN.Cl. The van der Waals surface area contributed by atoms with Gasteiger partial charge in [0, 0.05) is 19.6 Å². The molecular formula is C10H24ClN3O2S. The second-order valence-electron chi connectivity index (χ2n) is 4.48. The van der Waals surface area contributed by atoms with Crippen LogP contribution in [0, 0.1) is 5.92 Å². The van der Waals surface area contributed by atoms with Gasteiger partial charge in [-0.1, -0.05) is 13.3 Å². The molecule has 0 radical (unpaired) electrons. The van der Waals surface area contributed by atoms with Crippen LogP contribution in [0.2, 0.25) is 0 Å². The molecule has 1 aliphatic carbocycles. The molecule has 0 heterocycles. The minimum atomic E-state index is -3.32. The molecule has 1 aliphatic rings. The van der Waals surface area contributed by atoms with E-state index in [1.165, 1.54) is 4.31 Å². The van der Waals surface area contributed by atoms with E-state index in [9.17, 15) is 8.42 Å². The minimum absolute atomic E-state index is 0. The number of halogens is 1. The van der Waals surface area contributed by atoms with Crippen molar-refractivity contribution in [2.45, 2.75) is 38.6 Å². The van der Waals surface area contributed by atoms with Gasteiger partial charge in [0.25, 0.3) is 10.2 Å². The molecule has 0 aromatic carbocycles. The smallest absolute Gasteiger partial charge is 0.279 e. The van der Waals surface area contributed by atoms with Crippen molar-refractivity contribution in [3.05, 3.63) is 0 Å². The Balaban J connectivity index is 0.00000256. The lowest BCUT2D eigenvalue weighted by Crippen LogP contribution is -2.46. The van der Waals surface area contributed by atoms with Crippen LogP contribution in [-0.4, -0.2) is 38.9 Å². The average molecular weight is 286 g/mol. The molecule has 0 amide bonds. The molecule has 0 saturated heterocycles. The Bertz CT molecular complexity index is 311. The lowest BCUT2D eigenvalue weighted by molar-refractivity contribution is 0.414. The van der Waals surface area contributed by atoms with Crippen LogP contribution >= 0.6 is 12.4 Å². The summed E-state index contributed by atoms with van der Waals surface area (Å²) in [5, 5.41) is 0. The van der Waals surface area contributed by atoms with E-state index in [2.05, 4.69) is 4.72 Å². The predicted octanol–water partition coefficient (Wildman–Crippen LogP) is 0.712. The van der Waals surface area contributed by atoms with Gasteiger partial charge in [-0.3, -0.25) is 0 Å². The Hall–Kier alpha value is 0.120. The van der Waals surface area contributed by atoms with Gasteiger partial charge in [-0.05, 0) is 31.7 Å². The molecule has 0 aliphatic heterocycles. The summed E-state index contributed by atoms with van der Waals surface area (Å²) in [5.41, 5.74) is 5.63. The topological polar surface area (TPSA) is 75.4 Å². The number of nitrogens with one attached hydrogen (secondary N) is 1. The second kappa shape index (κ2) is 7.53. The van der Waals surface area contributed by atoms with Gasteiger partial charge in [0.1, 0.15) is 0 Å². The van der Waals surface area contributed by atoms with Gasteiger partial charge in [0.05, 0.1) is 0 Å². The molecule has 17 heavy (non-hydrogen) atoms. The van der Waals surface area contributed by atoms with E-state index in [1.807, 2.05) is 6.92 Å². The summed E-state index contributed by atoms with van der Waals surface area (Å²) in [5.74, 6) is 0.296. The van der Waals surface area contributed by atoms with Crippen molar-refractivity contribution in [2.24, 2.45) is 11.7 Å². The first kappa shape index (κ1) is 17.1. The van der Waals surface area contributed by atoms with Crippen LogP contribution in [0.25, 0.3) is 0 Å². The highest BCUT2D eigenvalue weighted by molar-refractivity contribution is 7.87. The van der Waals surface area contributed by atoms with Gasteiger partial charge in [-0.25, -0.2) is 0 Å². The summed E-state index contributed by atoms with van der Waals surface area (Å²) in [7, 11) is -1.71. The third-order valence-electron chi connectivity index (χ3n) is 3.21. The first-order chi connectivity index (χ1) is 7.51. The fourth-order valence-electron chi connectivity index (χ4n) is 2.19. The van der Waals surface area contributed by atoms with E-state index in [4.69, 9.17) is 5.73 Å². The van der Waals surface area contributed by atoms with Crippen LogP contribution < -0.4 is 10.5 Å². The molecular weight excluding hydrogens is 262 g/mol. The monoisotopic (exact) mass is 285 g/mol. The molecule has 5 nitrogen and oxygen atoms in total. The largest absolute Gasteiger partial charge is 0.330 e. The molecule has 0 spiro atoms. The summed E-state index contributed by atoms with van der Waals surface area (Å²) in [6.45, 7) is 3.07. The maximum absolute atomic E-state index is 11.9. The van der Waals surface area contributed by atoms with Crippen LogP contribution in [0.1, 0.15) is 32.6 Å². The maximum Gasteiger partial charge on any atom is 0.279 e. The van der Waals surface area contributed by atoms with Crippen molar-refractivity contribution in [2.75, 3.05) is 20.1 Å². The number of nitrogens with zero attached hydrogens (tertiary/aromatic N) is 1. The number of hydrogen-bond acceptors (Lipinski definition) is 3. The molecule has 1 rings (SSSR count). The highest BCUT2D eigenvalue weighted by atomic mass is 35.5. The van der Waals surface area contributed by atoms with Gasteiger partial charge in [0.15, 0.2) is 0 Å². The molecule has 7 heteroatoms. The predicted molar refractivity (Wildman–Crippen MR) is 72.4 cm³/mol. The zero-order valence-electron chi connectivity index (χ0n) is 10.6. The highest BCUT2D eigenvalue weighted by Gasteiger charge is 2.30. The van der Waals surface area contributed by atoms with Gasteiger partial charge >= 0.3 is 0 Å². The van der Waals surface area contributed by atoms with Gasteiger partial charge in [0.2, 0.25) is 0 Å². The van der Waals surface area contributed by atoms with Crippen LogP contribution in [0.15, 0.2) is 0 Å². The lowest BCUT2D eigenvalue weighted by atomic mass is 10.1. The Morgan fingerprint density at radius 2 is 2.06 bits per heavy atom. The van der Waals surface area contributed by atoms with Crippen molar-refractivity contribution < 1.29 is 8.42 Å². The molecule has 3 N–H and O–H groups in total. The Morgan fingerprint density at radius 3 is 2.59 bits per heavy atom. The van der Waals surface area contributed by atoms with Crippen LogP contribution in [0.5, 0.6) is 0 Å². The molecule has 1 saturated carbocycles. The number of hydrogen-bond donors (Lipinski definition) is 2. The Labute approximate surface area is 111 Å². The van der Waals surface area contributed by atoms with E-state index in [-0.39, 0.29) is 18.4 Å². The summed E-state index contributed by atoms with van der Waals surface area (Å²) in [6.07, 6.45) is 3.82. The first-order valence-electron chi connectivity index (χ1n) is 5.95. The van der Waals surface area contributed by atoms with Gasteiger partial charge in [-0.15, -0.1) is 12.4 Å². The van der Waals surface area contributed by atoms with Gasteiger partial charge in [-0.2, -0.15) is 17.4 Å². The Morgan fingerprint density at radius 1 is 1.41 bits per heavy atom. The van der Waals surface area contributed by atoms with Crippen molar-refractivity contribution in [3.8, 4) is 0 Å². The third kappa shape index (κ3) is 4.71.